The molecule has 0 spiro atoms. The molecule has 0 aliphatic carbocycles. The Balaban J connectivity index is 0.784. The number of H-pyrrole nitrogens is 2. The largest absolute Gasteiger partial charge is 0.379 e. The topological polar surface area (TPSA) is 174 Å². The van der Waals surface area contributed by atoms with Gasteiger partial charge in [-0.15, -0.1) is 21.5 Å². The van der Waals surface area contributed by atoms with Crippen molar-refractivity contribution in [1.82, 2.24) is 39.6 Å². The number of aliphatic imine (C=N–C) groups is 1. The maximum absolute atomic E-state index is 13.3. The van der Waals surface area contributed by atoms with Crippen molar-refractivity contribution in [3.8, 4) is 10.7 Å². The summed E-state index contributed by atoms with van der Waals surface area (Å²) in [6, 6.07) is 18.3. The van der Waals surface area contributed by atoms with Gasteiger partial charge in [0, 0.05) is 64.7 Å². The van der Waals surface area contributed by atoms with Crippen molar-refractivity contribution < 1.29 is 19.1 Å². The van der Waals surface area contributed by atoms with Gasteiger partial charge in [-0.3, -0.25) is 23.7 Å². The molecule has 3 aromatic carbocycles. The highest BCUT2D eigenvalue weighted by Gasteiger charge is 2.32. The van der Waals surface area contributed by atoms with E-state index >= 15 is 0 Å². The Bertz CT molecular complexity index is 2780. The maximum atomic E-state index is 13.3. The molecular formula is C43H44ClN9O5S. The number of halogens is 1. The van der Waals surface area contributed by atoms with Crippen LogP contribution in [0.25, 0.3) is 32.8 Å². The smallest absolute Gasteiger partial charge is 0.323 e. The molecule has 0 unspecified atom stereocenters. The van der Waals surface area contributed by atoms with Crippen molar-refractivity contribution in [3.05, 3.63) is 121 Å². The fraction of sp³-hybridized carbons (Fsp3) is 0.326. The van der Waals surface area contributed by atoms with Crippen molar-refractivity contribution in [1.29, 1.82) is 0 Å². The number of hydrogen-bond donors (Lipinski definition) is 3. The average molecular weight is 834 g/mol. The lowest BCUT2D eigenvalue weighted by Crippen LogP contribution is -2.27. The minimum atomic E-state index is -0.495. The molecule has 304 valence electrons. The highest BCUT2D eigenvalue weighted by atomic mass is 35.5. The first-order chi connectivity index (χ1) is 28.6. The Hall–Kier alpha value is -5.74. The molecule has 4 aromatic heterocycles. The number of carbonyl (C=O) groups excluding carboxylic acids is 2. The maximum Gasteiger partial charge on any atom is 0.323 e. The molecule has 14 nitrogen and oxygen atoms in total. The molecule has 8 rings (SSSR count). The Morgan fingerprint density at radius 3 is 2.49 bits per heavy atom. The fourth-order valence-electron chi connectivity index (χ4n) is 7.44. The van der Waals surface area contributed by atoms with E-state index in [1.807, 2.05) is 66.9 Å². The molecule has 0 radical (unpaired) electrons. The molecule has 1 atom stereocenters. The average Bonchev–Trinajstić information content (AvgIpc) is 3.96. The van der Waals surface area contributed by atoms with E-state index in [9.17, 15) is 14.4 Å². The molecule has 3 N–H and O–H groups in total. The first-order valence-corrected chi connectivity index (χ1v) is 20.8. The van der Waals surface area contributed by atoms with Crippen LogP contribution in [0, 0.1) is 20.8 Å². The molecular weight excluding hydrogens is 790 g/mol. The van der Waals surface area contributed by atoms with Crippen LogP contribution < -0.4 is 11.0 Å². The summed E-state index contributed by atoms with van der Waals surface area (Å²) in [6.07, 6.45) is 1.79. The molecule has 59 heavy (non-hydrogen) atoms. The van der Waals surface area contributed by atoms with Gasteiger partial charge >= 0.3 is 5.69 Å². The van der Waals surface area contributed by atoms with Gasteiger partial charge in [-0.2, -0.15) is 0 Å². The number of carbonyl (C=O) groups is 2. The van der Waals surface area contributed by atoms with Gasteiger partial charge in [0.2, 0.25) is 0 Å². The van der Waals surface area contributed by atoms with E-state index in [-0.39, 0.29) is 23.8 Å². The first-order valence-electron chi connectivity index (χ1n) is 19.6. The van der Waals surface area contributed by atoms with Crippen LogP contribution >= 0.6 is 22.9 Å². The summed E-state index contributed by atoms with van der Waals surface area (Å²) in [5.41, 5.74) is 8.05. The van der Waals surface area contributed by atoms with Crippen molar-refractivity contribution in [2.24, 2.45) is 4.99 Å². The van der Waals surface area contributed by atoms with Gasteiger partial charge < -0.3 is 24.8 Å². The lowest BCUT2D eigenvalue weighted by Gasteiger charge is -2.12. The number of aromatic amines is 2. The molecule has 5 heterocycles. The molecule has 7 aromatic rings. The van der Waals surface area contributed by atoms with Crippen LogP contribution in [-0.4, -0.2) is 84.7 Å². The fourth-order valence-corrected chi connectivity index (χ4v) is 8.78. The van der Waals surface area contributed by atoms with Gasteiger partial charge in [0.05, 0.1) is 47.6 Å². The molecule has 0 fully saturated rings. The van der Waals surface area contributed by atoms with E-state index in [2.05, 4.69) is 43.9 Å². The zero-order valence-electron chi connectivity index (χ0n) is 33.2. The Kier molecular flexibility index (Phi) is 11.7. The Morgan fingerprint density at radius 1 is 0.915 bits per heavy atom. The number of aryl methyl sites for hydroxylation is 3. The third-order valence-corrected chi connectivity index (χ3v) is 11.9. The Labute approximate surface area is 348 Å². The van der Waals surface area contributed by atoms with Gasteiger partial charge in [-0.1, -0.05) is 30.7 Å². The molecule has 1 aliphatic heterocycles. The minimum Gasteiger partial charge on any atom is -0.379 e. The third kappa shape index (κ3) is 8.28. The SMILES string of the molecule is CCc1nc2cc(C(=O)NCCOCCOCCCC(=O)C[C@@H]3N=C(c4ccc(Cl)cc4)c4c(sc(C)c4C)-n4c(C)nnc43)ccc2n1-c1ccc2[nH]c(=O)[nH]c2c1. The second-order valence-corrected chi connectivity index (χ2v) is 16.1. The number of nitrogens with one attached hydrogen (secondary N) is 3. The molecule has 0 saturated carbocycles. The number of thiophene rings is 1. The number of nitrogens with zero attached hydrogens (tertiary/aromatic N) is 6. The number of hydrogen-bond acceptors (Lipinski definition) is 10. The zero-order valence-corrected chi connectivity index (χ0v) is 34.8. The van der Waals surface area contributed by atoms with Gasteiger partial charge in [0.1, 0.15) is 28.5 Å². The van der Waals surface area contributed by atoms with Crippen molar-refractivity contribution in [2.45, 2.75) is 59.4 Å². The highest BCUT2D eigenvalue weighted by molar-refractivity contribution is 7.15. The third-order valence-electron chi connectivity index (χ3n) is 10.5. The normalized spacial score (nSPS) is 13.7. The van der Waals surface area contributed by atoms with E-state index in [1.165, 1.54) is 4.88 Å². The van der Waals surface area contributed by atoms with Crippen molar-refractivity contribution >= 4 is 62.4 Å². The monoisotopic (exact) mass is 833 g/mol. The number of amides is 1. The number of ketones is 1. The van der Waals surface area contributed by atoms with Crippen LogP contribution in [0.2, 0.25) is 5.02 Å². The van der Waals surface area contributed by atoms with Crippen LogP contribution in [0.1, 0.15) is 81.6 Å². The van der Waals surface area contributed by atoms with Crippen LogP contribution in [0.5, 0.6) is 0 Å². The number of aromatic nitrogens is 7. The predicted octanol–water partition coefficient (Wildman–Crippen LogP) is 7.07. The number of rotatable bonds is 16. The molecule has 1 amide bonds. The van der Waals surface area contributed by atoms with Gasteiger partial charge in [0.25, 0.3) is 5.91 Å². The predicted molar refractivity (Wildman–Crippen MR) is 229 cm³/mol. The first kappa shape index (κ1) is 40.1. The Morgan fingerprint density at radius 2 is 1.69 bits per heavy atom. The quantitative estimate of drug-likeness (QED) is 0.0867. The van der Waals surface area contributed by atoms with Gasteiger partial charge in [0.15, 0.2) is 5.82 Å². The molecule has 1 aliphatic rings. The van der Waals surface area contributed by atoms with E-state index in [1.54, 1.807) is 23.5 Å². The summed E-state index contributed by atoms with van der Waals surface area (Å²) in [6.45, 7) is 9.96. The van der Waals surface area contributed by atoms with Crippen LogP contribution in [0.4, 0.5) is 0 Å². The second kappa shape index (κ2) is 17.2. The highest BCUT2D eigenvalue weighted by Crippen LogP contribution is 2.40. The van der Waals surface area contributed by atoms with Gasteiger partial charge in [-0.05, 0) is 81.3 Å². The summed E-state index contributed by atoms with van der Waals surface area (Å²) in [5.74, 6) is 2.11. The molecule has 0 saturated heterocycles. The van der Waals surface area contributed by atoms with E-state index in [0.29, 0.717) is 79.7 Å². The molecule has 0 bridgehead atoms. The summed E-state index contributed by atoms with van der Waals surface area (Å²) >= 11 is 7.91. The number of imidazole rings is 2. The van der Waals surface area contributed by atoms with E-state index in [0.717, 1.165) is 55.8 Å². The molecule has 16 heteroatoms. The van der Waals surface area contributed by atoms with E-state index < -0.39 is 6.04 Å². The second-order valence-electron chi connectivity index (χ2n) is 14.5. The summed E-state index contributed by atoms with van der Waals surface area (Å²) in [4.78, 5) is 54.8. The summed E-state index contributed by atoms with van der Waals surface area (Å²) in [7, 11) is 0. The minimum absolute atomic E-state index is 0.0709. The van der Waals surface area contributed by atoms with Crippen LogP contribution in [0.3, 0.4) is 0 Å². The zero-order chi connectivity index (χ0) is 41.2. The number of benzene rings is 3. The van der Waals surface area contributed by atoms with Crippen molar-refractivity contribution in [2.75, 3.05) is 33.0 Å². The van der Waals surface area contributed by atoms with Crippen LogP contribution in [0.15, 0.2) is 70.5 Å². The van der Waals surface area contributed by atoms with Gasteiger partial charge in [-0.25, -0.2) is 9.78 Å². The number of ether oxygens (including phenoxy) is 2. The standard InChI is InChI=1S/C43H44ClN9O5S/c1-5-37-46-34-21-28(10-15-36(34)53(37)30-13-14-32-33(22-30)49-43(56)48-32)41(55)45-16-18-58-20-19-57-17-6-7-31(54)23-35-40-51-50-26(4)52(40)42-38(24(2)25(3)59-42)39(47-35)27-8-11-29(44)12-9-27/h8-15,21-22,35H,5-7,16-20,23H2,1-4H3,(H,45,55)(H2,48,49,56)/t35-/m0/s1. The lowest BCUT2D eigenvalue weighted by atomic mass is 9.99. The van der Waals surface area contributed by atoms with Crippen LogP contribution in [-0.2, 0) is 20.7 Å². The number of fused-ring (bicyclic) bond motifs is 5. The number of Topliss-reactive ketones (excluding diaryl/α,β-unsaturated/α-hetero) is 1. The summed E-state index contributed by atoms with van der Waals surface area (Å²) < 4.78 is 15.5. The van der Waals surface area contributed by atoms with E-state index in [4.69, 9.17) is 31.1 Å². The van der Waals surface area contributed by atoms with Crippen molar-refractivity contribution in [3.63, 3.8) is 0 Å². The lowest BCUT2D eigenvalue weighted by molar-refractivity contribution is -0.119. The summed E-state index contributed by atoms with van der Waals surface area (Å²) in [5, 5.41) is 13.4.